The highest BCUT2D eigenvalue weighted by Crippen LogP contribution is 2.09. The Morgan fingerprint density at radius 2 is 2.26 bits per heavy atom. The Hall–Kier alpha value is -2.41. The van der Waals surface area contributed by atoms with Gasteiger partial charge in [0.2, 0.25) is 0 Å². The van der Waals surface area contributed by atoms with Crippen LogP contribution in [0.4, 0.5) is 0 Å². The number of hydrazone groups is 2. The van der Waals surface area contributed by atoms with Gasteiger partial charge in [-0.2, -0.15) is 5.12 Å². The minimum absolute atomic E-state index is 0.730. The number of aromatic nitrogens is 1. The lowest BCUT2D eigenvalue weighted by Crippen LogP contribution is -2.41. The van der Waals surface area contributed by atoms with Crippen molar-refractivity contribution in [3.05, 3.63) is 42.2 Å². The minimum Gasteiger partial charge on any atom is -0.350 e. The number of pyridine rings is 1. The van der Waals surface area contributed by atoms with E-state index in [0.717, 1.165) is 30.5 Å². The van der Waals surface area contributed by atoms with Gasteiger partial charge in [-0.1, -0.05) is 6.07 Å². The molecule has 19 heavy (non-hydrogen) atoms. The second-order valence-corrected chi connectivity index (χ2v) is 4.13. The molecule has 0 aromatic carbocycles. The number of nitrogens with zero attached hydrogens (tertiary/aromatic N) is 5. The molecule has 0 amide bonds. The Bertz CT molecular complexity index is 534. The van der Waals surface area contributed by atoms with Gasteiger partial charge in [0.1, 0.15) is 0 Å². The standard InChI is InChI=1S/C12H15N7/c1-2-18(9-10-5-3-4-8-13-10)12-7-6-11-14-16-17-19(11)15-12/h3-8,16-17H,2,9H2,1H3. The van der Waals surface area contributed by atoms with Gasteiger partial charge in [0.15, 0.2) is 11.7 Å². The van der Waals surface area contributed by atoms with Crippen LogP contribution in [0.15, 0.2) is 46.8 Å². The first-order chi connectivity index (χ1) is 9.36. The zero-order chi connectivity index (χ0) is 13.1. The van der Waals surface area contributed by atoms with Crippen molar-refractivity contribution in [1.82, 2.24) is 26.1 Å². The van der Waals surface area contributed by atoms with E-state index in [1.54, 1.807) is 11.3 Å². The third kappa shape index (κ3) is 2.41. The molecule has 2 aliphatic heterocycles. The summed E-state index contributed by atoms with van der Waals surface area (Å²) in [6.07, 6.45) is 5.67. The third-order valence-electron chi connectivity index (χ3n) is 2.91. The Labute approximate surface area is 111 Å². The van der Waals surface area contributed by atoms with E-state index in [1.165, 1.54) is 0 Å². The molecular weight excluding hydrogens is 242 g/mol. The van der Waals surface area contributed by atoms with Crippen LogP contribution in [0.1, 0.15) is 12.6 Å². The molecule has 7 heteroatoms. The molecule has 98 valence electrons. The number of nitrogens with one attached hydrogen (secondary N) is 2. The predicted molar refractivity (Wildman–Crippen MR) is 72.4 cm³/mol. The molecular formula is C12H15N7. The van der Waals surface area contributed by atoms with Crippen molar-refractivity contribution >= 4 is 11.7 Å². The zero-order valence-electron chi connectivity index (χ0n) is 10.6. The summed E-state index contributed by atoms with van der Waals surface area (Å²) in [5.74, 6) is 1.63. The van der Waals surface area contributed by atoms with Crippen molar-refractivity contribution in [3.8, 4) is 0 Å². The predicted octanol–water partition coefficient (Wildman–Crippen LogP) is 0.425. The highest BCUT2D eigenvalue weighted by atomic mass is 15.9. The lowest BCUT2D eigenvalue weighted by molar-refractivity contribution is 0.298. The molecule has 2 N–H and O–H groups in total. The zero-order valence-corrected chi connectivity index (χ0v) is 10.6. The fourth-order valence-corrected chi connectivity index (χ4v) is 1.91. The minimum atomic E-state index is 0.730. The summed E-state index contributed by atoms with van der Waals surface area (Å²) in [5, 5.41) is 10.1. The molecule has 2 aliphatic rings. The average molecular weight is 257 g/mol. The van der Waals surface area contributed by atoms with Gasteiger partial charge in [-0.25, -0.2) is 5.53 Å². The molecule has 7 nitrogen and oxygen atoms in total. The van der Waals surface area contributed by atoms with Gasteiger partial charge in [0.05, 0.1) is 12.2 Å². The van der Waals surface area contributed by atoms with Crippen molar-refractivity contribution < 1.29 is 0 Å². The molecule has 3 heterocycles. The van der Waals surface area contributed by atoms with E-state index in [2.05, 4.69) is 38.1 Å². The maximum absolute atomic E-state index is 4.47. The van der Waals surface area contributed by atoms with Crippen molar-refractivity contribution in [1.29, 1.82) is 0 Å². The first-order valence-corrected chi connectivity index (χ1v) is 6.17. The molecule has 1 aromatic rings. The van der Waals surface area contributed by atoms with Crippen LogP contribution in [0.5, 0.6) is 0 Å². The Morgan fingerprint density at radius 1 is 1.32 bits per heavy atom. The smallest absolute Gasteiger partial charge is 0.189 e. The quantitative estimate of drug-likeness (QED) is 0.821. The van der Waals surface area contributed by atoms with Crippen LogP contribution in [0.25, 0.3) is 0 Å². The molecule has 3 rings (SSSR count). The van der Waals surface area contributed by atoms with Crippen LogP contribution in [0.2, 0.25) is 0 Å². The summed E-state index contributed by atoms with van der Waals surface area (Å²) in [5.41, 5.74) is 6.52. The van der Waals surface area contributed by atoms with Crippen molar-refractivity contribution in [2.45, 2.75) is 13.5 Å². The van der Waals surface area contributed by atoms with Gasteiger partial charge in [-0.3, -0.25) is 4.98 Å². The second kappa shape index (κ2) is 5.07. The van der Waals surface area contributed by atoms with Crippen LogP contribution < -0.4 is 11.1 Å². The van der Waals surface area contributed by atoms with Crippen LogP contribution >= 0.6 is 0 Å². The fraction of sp³-hybridized carbons (Fsp3) is 0.250. The molecule has 0 unspecified atom stereocenters. The number of rotatable bonds is 3. The van der Waals surface area contributed by atoms with Gasteiger partial charge in [-0.15, -0.1) is 15.7 Å². The van der Waals surface area contributed by atoms with Gasteiger partial charge in [0.25, 0.3) is 0 Å². The maximum atomic E-state index is 4.47. The lowest BCUT2D eigenvalue weighted by Gasteiger charge is -2.26. The Kier molecular flexibility index (Phi) is 3.11. The monoisotopic (exact) mass is 257 g/mol. The van der Waals surface area contributed by atoms with Crippen molar-refractivity contribution in [2.24, 2.45) is 10.2 Å². The number of likely N-dealkylation sites (N-methyl/N-ethyl adjacent to an activating group) is 1. The Balaban J connectivity index is 1.76. The highest BCUT2D eigenvalue weighted by molar-refractivity contribution is 6.05. The largest absolute Gasteiger partial charge is 0.350 e. The summed E-state index contributed by atoms with van der Waals surface area (Å²) in [4.78, 5) is 6.49. The molecule has 0 bridgehead atoms. The summed E-state index contributed by atoms with van der Waals surface area (Å²) >= 11 is 0. The van der Waals surface area contributed by atoms with E-state index in [4.69, 9.17) is 0 Å². The van der Waals surface area contributed by atoms with Crippen LogP contribution in [-0.2, 0) is 6.54 Å². The first-order valence-electron chi connectivity index (χ1n) is 6.17. The van der Waals surface area contributed by atoms with E-state index >= 15 is 0 Å². The molecule has 1 aromatic heterocycles. The molecule has 0 saturated carbocycles. The van der Waals surface area contributed by atoms with Crippen LogP contribution in [0.3, 0.4) is 0 Å². The first kappa shape index (κ1) is 11.7. The number of amidine groups is 2. The topological polar surface area (TPSA) is 68.2 Å². The van der Waals surface area contributed by atoms with Crippen LogP contribution in [0, 0.1) is 0 Å². The fourth-order valence-electron chi connectivity index (χ4n) is 1.91. The van der Waals surface area contributed by atoms with Crippen LogP contribution in [-0.4, -0.2) is 33.2 Å². The summed E-state index contributed by atoms with van der Waals surface area (Å²) < 4.78 is 0. The summed E-state index contributed by atoms with van der Waals surface area (Å²) in [7, 11) is 0. The SMILES string of the molecule is CCN(Cc1ccccn1)C1=NN2NNN=C2C=C1. The van der Waals surface area contributed by atoms with Crippen molar-refractivity contribution in [3.63, 3.8) is 0 Å². The van der Waals surface area contributed by atoms with Crippen molar-refractivity contribution in [2.75, 3.05) is 6.54 Å². The summed E-state index contributed by atoms with van der Waals surface area (Å²) in [6, 6.07) is 5.92. The normalized spacial score (nSPS) is 16.6. The van der Waals surface area contributed by atoms with Gasteiger partial charge in [-0.05, 0) is 31.2 Å². The third-order valence-corrected chi connectivity index (χ3v) is 2.91. The molecule has 0 atom stereocenters. The highest BCUT2D eigenvalue weighted by Gasteiger charge is 2.20. The average Bonchev–Trinajstić information content (AvgIpc) is 2.93. The molecule has 0 aliphatic carbocycles. The molecule has 0 saturated heterocycles. The Morgan fingerprint density at radius 3 is 3.05 bits per heavy atom. The van der Waals surface area contributed by atoms with E-state index < -0.39 is 0 Å². The van der Waals surface area contributed by atoms with E-state index in [-0.39, 0.29) is 0 Å². The van der Waals surface area contributed by atoms with Gasteiger partial charge >= 0.3 is 0 Å². The molecule has 0 spiro atoms. The number of fused-ring (bicyclic) bond motifs is 1. The number of hydrazine groups is 2. The molecule has 0 fully saturated rings. The van der Waals surface area contributed by atoms with Gasteiger partial charge < -0.3 is 4.90 Å². The number of hydrogen-bond acceptors (Lipinski definition) is 7. The second-order valence-electron chi connectivity index (χ2n) is 4.13. The summed E-state index contributed by atoms with van der Waals surface area (Å²) in [6.45, 7) is 3.68. The van der Waals surface area contributed by atoms with E-state index in [0.29, 0.717) is 0 Å². The maximum Gasteiger partial charge on any atom is 0.189 e. The van der Waals surface area contributed by atoms with E-state index in [1.807, 2.05) is 30.4 Å². The van der Waals surface area contributed by atoms with E-state index in [9.17, 15) is 0 Å². The van der Waals surface area contributed by atoms with Gasteiger partial charge in [0, 0.05) is 12.7 Å². The number of hydrogen-bond donors (Lipinski definition) is 2. The molecule has 0 radical (unpaired) electrons. The lowest BCUT2D eigenvalue weighted by atomic mass is 10.3.